The van der Waals surface area contributed by atoms with Gasteiger partial charge in [0.15, 0.2) is 0 Å². The van der Waals surface area contributed by atoms with Gasteiger partial charge in [0, 0.05) is 12.8 Å². The molecule has 37 heavy (non-hydrogen) atoms. The molecule has 6 N–H and O–H groups in total. The number of carboxylic acids is 1. The molecule has 0 saturated carbocycles. The Labute approximate surface area is 218 Å². The highest BCUT2D eigenvalue weighted by Crippen LogP contribution is 2.09. The van der Waals surface area contributed by atoms with Crippen molar-refractivity contribution in [1.82, 2.24) is 16.0 Å². The number of nitrogens with one attached hydrogen (secondary N) is 3. The lowest BCUT2D eigenvalue weighted by Gasteiger charge is -2.26. The summed E-state index contributed by atoms with van der Waals surface area (Å²) in [7, 11) is 0. The van der Waals surface area contributed by atoms with Gasteiger partial charge in [0.05, 0.1) is 6.04 Å². The first-order valence-corrected chi connectivity index (χ1v) is 12.5. The zero-order chi connectivity index (χ0) is 27.5. The lowest BCUT2D eigenvalue weighted by Crippen LogP contribution is -2.59. The van der Waals surface area contributed by atoms with Crippen molar-refractivity contribution >= 4 is 23.7 Å². The number of hydrogen-bond acceptors (Lipinski definition) is 5. The van der Waals surface area contributed by atoms with Crippen LogP contribution in [0.3, 0.4) is 0 Å². The van der Waals surface area contributed by atoms with E-state index in [9.17, 15) is 24.3 Å². The lowest BCUT2D eigenvalue weighted by molar-refractivity contribution is -0.143. The molecule has 3 amide bonds. The molecule has 9 nitrogen and oxygen atoms in total. The minimum atomic E-state index is -1.16. The van der Waals surface area contributed by atoms with Crippen molar-refractivity contribution in [2.45, 2.75) is 64.7 Å². The van der Waals surface area contributed by atoms with Crippen LogP contribution in [0.1, 0.15) is 38.8 Å². The molecule has 0 aliphatic heterocycles. The van der Waals surface area contributed by atoms with E-state index in [2.05, 4.69) is 16.0 Å². The molecule has 4 unspecified atom stereocenters. The Balaban J connectivity index is 2.31. The second-order valence-corrected chi connectivity index (χ2v) is 9.84. The average molecular weight is 511 g/mol. The van der Waals surface area contributed by atoms with E-state index in [1.807, 2.05) is 74.5 Å². The number of aliphatic carboxylic acids is 1. The normalized spacial score (nSPS) is 14.4. The minimum absolute atomic E-state index is 0.138. The molecule has 2 aromatic carbocycles. The first kappa shape index (κ1) is 29.5. The van der Waals surface area contributed by atoms with Crippen molar-refractivity contribution in [3.8, 4) is 0 Å². The second kappa shape index (κ2) is 14.1. The van der Waals surface area contributed by atoms with Crippen LogP contribution in [0.25, 0.3) is 0 Å². The molecule has 0 saturated heterocycles. The maximum atomic E-state index is 13.5. The molecule has 0 aliphatic carbocycles. The van der Waals surface area contributed by atoms with Crippen molar-refractivity contribution in [1.29, 1.82) is 0 Å². The molecule has 0 radical (unpaired) electrons. The molecule has 9 heteroatoms. The maximum Gasteiger partial charge on any atom is 0.326 e. The average Bonchev–Trinajstić information content (AvgIpc) is 2.86. The molecule has 0 heterocycles. The molecule has 0 spiro atoms. The molecule has 0 aliphatic rings. The standard InChI is InChI=1S/C28H38N4O5/c1-17(2)23(29)27(35)31-21(15-19-11-7-5-8-12-19)25(33)30-22(16-20-13-9-6-10-14-20)26(34)32-24(18(3)4)28(36)37/h5-14,17-18,21-24H,15-16,29H2,1-4H3,(H,30,33)(H,31,35)(H,32,34)(H,36,37). The zero-order valence-electron chi connectivity index (χ0n) is 21.8. The van der Waals surface area contributed by atoms with Gasteiger partial charge in [0.1, 0.15) is 18.1 Å². The molecule has 0 fully saturated rings. The number of carbonyl (C=O) groups excluding carboxylic acids is 3. The predicted molar refractivity (Wildman–Crippen MR) is 141 cm³/mol. The Morgan fingerprint density at radius 1 is 0.676 bits per heavy atom. The first-order valence-electron chi connectivity index (χ1n) is 12.5. The molecule has 200 valence electrons. The van der Waals surface area contributed by atoms with Gasteiger partial charge in [-0.2, -0.15) is 0 Å². The van der Waals surface area contributed by atoms with Crippen LogP contribution >= 0.6 is 0 Å². The summed E-state index contributed by atoms with van der Waals surface area (Å²) in [5, 5.41) is 17.5. The Hall–Kier alpha value is -3.72. The van der Waals surface area contributed by atoms with E-state index in [0.717, 1.165) is 11.1 Å². The fraction of sp³-hybridized carbons (Fsp3) is 0.429. The number of amides is 3. The summed E-state index contributed by atoms with van der Waals surface area (Å²) in [6.45, 7) is 7.00. The second-order valence-electron chi connectivity index (χ2n) is 9.84. The van der Waals surface area contributed by atoms with E-state index >= 15 is 0 Å². The third-order valence-electron chi connectivity index (χ3n) is 6.08. The number of carbonyl (C=O) groups is 4. The summed E-state index contributed by atoms with van der Waals surface area (Å²) in [5.41, 5.74) is 7.60. The van der Waals surface area contributed by atoms with Crippen LogP contribution in [0.15, 0.2) is 60.7 Å². The van der Waals surface area contributed by atoms with Crippen LogP contribution in [0, 0.1) is 11.8 Å². The van der Waals surface area contributed by atoms with Crippen LogP contribution in [0.2, 0.25) is 0 Å². The monoisotopic (exact) mass is 510 g/mol. The Morgan fingerprint density at radius 3 is 1.46 bits per heavy atom. The van der Waals surface area contributed by atoms with Crippen LogP contribution in [0.5, 0.6) is 0 Å². The van der Waals surface area contributed by atoms with Crippen LogP contribution in [-0.4, -0.2) is 53.0 Å². The lowest BCUT2D eigenvalue weighted by atomic mass is 10.00. The topological polar surface area (TPSA) is 151 Å². The van der Waals surface area contributed by atoms with E-state index in [1.165, 1.54) is 0 Å². The largest absolute Gasteiger partial charge is 0.480 e. The van der Waals surface area contributed by atoms with E-state index in [1.54, 1.807) is 13.8 Å². The number of rotatable bonds is 13. The number of hydrogen-bond donors (Lipinski definition) is 5. The fourth-order valence-electron chi connectivity index (χ4n) is 3.73. The van der Waals surface area contributed by atoms with Gasteiger partial charge in [-0.05, 0) is 23.0 Å². The summed E-state index contributed by atoms with van der Waals surface area (Å²) in [5.74, 6) is -3.33. The number of benzene rings is 2. The van der Waals surface area contributed by atoms with E-state index < -0.39 is 47.9 Å². The van der Waals surface area contributed by atoms with E-state index in [4.69, 9.17) is 5.73 Å². The van der Waals surface area contributed by atoms with Crippen molar-refractivity contribution in [2.24, 2.45) is 17.6 Å². The van der Waals surface area contributed by atoms with Gasteiger partial charge in [-0.15, -0.1) is 0 Å². The highest BCUT2D eigenvalue weighted by molar-refractivity contribution is 5.94. The van der Waals surface area contributed by atoms with Gasteiger partial charge >= 0.3 is 5.97 Å². The minimum Gasteiger partial charge on any atom is -0.480 e. The number of nitrogens with two attached hydrogens (primary N) is 1. The fourth-order valence-corrected chi connectivity index (χ4v) is 3.73. The summed E-state index contributed by atoms with van der Waals surface area (Å²) in [6, 6.07) is 14.3. The van der Waals surface area contributed by atoms with Crippen molar-refractivity contribution in [2.75, 3.05) is 0 Å². The smallest absolute Gasteiger partial charge is 0.326 e. The third-order valence-corrected chi connectivity index (χ3v) is 6.08. The summed E-state index contributed by atoms with van der Waals surface area (Å²) >= 11 is 0. The van der Waals surface area contributed by atoms with Crippen molar-refractivity contribution < 1.29 is 24.3 Å². The molecular formula is C28H38N4O5. The maximum absolute atomic E-state index is 13.5. The van der Waals surface area contributed by atoms with Gasteiger partial charge in [0.25, 0.3) is 0 Å². The molecule has 2 rings (SSSR count). The Morgan fingerprint density at radius 2 is 1.08 bits per heavy atom. The molecule has 0 bridgehead atoms. The van der Waals surface area contributed by atoms with Gasteiger partial charge in [-0.3, -0.25) is 14.4 Å². The highest BCUT2D eigenvalue weighted by atomic mass is 16.4. The molecule has 4 atom stereocenters. The van der Waals surface area contributed by atoms with Gasteiger partial charge in [-0.1, -0.05) is 88.4 Å². The quantitative estimate of drug-likeness (QED) is 0.276. The van der Waals surface area contributed by atoms with Crippen molar-refractivity contribution in [3.63, 3.8) is 0 Å². The summed E-state index contributed by atoms with van der Waals surface area (Å²) in [6.07, 6.45) is 0.326. The molecule has 2 aromatic rings. The van der Waals surface area contributed by atoms with Crippen molar-refractivity contribution in [3.05, 3.63) is 71.8 Å². The van der Waals surface area contributed by atoms with Crippen LogP contribution in [0.4, 0.5) is 0 Å². The van der Waals surface area contributed by atoms with E-state index in [0.29, 0.717) is 0 Å². The van der Waals surface area contributed by atoms with Gasteiger partial charge in [0.2, 0.25) is 17.7 Å². The molecular weight excluding hydrogens is 472 g/mol. The summed E-state index contributed by atoms with van der Waals surface area (Å²) < 4.78 is 0. The Kier molecular flexibility index (Phi) is 11.3. The third kappa shape index (κ3) is 9.34. The number of carboxylic acid groups (broad SMARTS) is 1. The first-order chi connectivity index (χ1) is 17.5. The Bertz CT molecular complexity index is 1040. The zero-order valence-corrected chi connectivity index (χ0v) is 21.8. The van der Waals surface area contributed by atoms with Crippen LogP contribution in [-0.2, 0) is 32.0 Å². The van der Waals surface area contributed by atoms with Crippen LogP contribution < -0.4 is 21.7 Å². The van der Waals surface area contributed by atoms with Gasteiger partial charge in [-0.25, -0.2) is 4.79 Å². The van der Waals surface area contributed by atoms with Gasteiger partial charge < -0.3 is 26.8 Å². The molecule has 0 aromatic heterocycles. The SMILES string of the molecule is CC(C)C(N)C(=O)NC(Cc1ccccc1)C(=O)NC(Cc1ccccc1)C(=O)NC(C(=O)O)C(C)C. The summed E-state index contributed by atoms with van der Waals surface area (Å²) in [4.78, 5) is 51.1. The van der Waals surface area contributed by atoms with E-state index in [-0.39, 0.29) is 24.7 Å². The predicted octanol–water partition coefficient (Wildman–Crippen LogP) is 1.65. The highest BCUT2D eigenvalue weighted by Gasteiger charge is 2.32.